The topological polar surface area (TPSA) is 89.5 Å². The normalized spacial score (nSPS) is 19.7. The maximum Gasteiger partial charge on any atom is 0.407 e. The largest absolute Gasteiger partial charge is 0.465 e. The van der Waals surface area contributed by atoms with Crippen molar-refractivity contribution in [1.82, 2.24) is 19.8 Å². The molecule has 7 nitrogen and oxygen atoms in total. The van der Waals surface area contributed by atoms with Crippen molar-refractivity contribution in [3.05, 3.63) is 52.9 Å². The molecule has 1 aromatic heterocycles. The van der Waals surface area contributed by atoms with E-state index in [9.17, 15) is 14.7 Å². The van der Waals surface area contributed by atoms with Crippen LogP contribution in [0.5, 0.6) is 0 Å². The summed E-state index contributed by atoms with van der Waals surface area (Å²) in [7, 11) is 1.48. The highest BCUT2D eigenvalue weighted by atomic mass is 79.9. The monoisotopic (exact) mass is 524 g/mol. The number of rotatable bonds is 5. The summed E-state index contributed by atoms with van der Waals surface area (Å²) in [6.07, 6.45) is 3.80. The Hall–Kier alpha value is -2.87. The van der Waals surface area contributed by atoms with Gasteiger partial charge in [0.2, 0.25) is 5.91 Å². The molecule has 2 fully saturated rings. The highest BCUT2D eigenvalue weighted by molar-refractivity contribution is 9.10. The molecule has 2 aliphatic rings. The number of hydrogen-bond acceptors (Lipinski definition) is 3. The molecule has 1 saturated carbocycles. The lowest BCUT2D eigenvalue weighted by Crippen LogP contribution is -2.51. The maximum absolute atomic E-state index is 13.7. The molecule has 8 heteroatoms. The van der Waals surface area contributed by atoms with E-state index in [2.05, 4.69) is 51.2 Å². The second-order valence-electron chi connectivity index (χ2n) is 10.2. The van der Waals surface area contributed by atoms with E-state index in [1.807, 2.05) is 31.0 Å². The van der Waals surface area contributed by atoms with Gasteiger partial charge in [-0.2, -0.15) is 0 Å². The number of likely N-dealkylation sites (N-methyl/N-ethyl adjacent to an activating group) is 1. The third-order valence-corrected chi connectivity index (χ3v) is 7.87. The van der Waals surface area contributed by atoms with Crippen LogP contribution in [0.1, 0.15) is 45.0 Å². The molecule has 5 rings (SSSR count). The van der Waals surface area contributed by atoms with Gasteiger partial charge in [0.15, 0.2) is 0 Å². The lowest BCUT2D eigenvalue weighted by Gasteiger charge is -2.33. The van der Waals surface area contributed by atoms with E-state index in [-0.39, 0.29) is 23.3 Å². The van der Waals surface area contributed by atoms with Crippen LogP contribution in [0.15, 0.2) is 47.1 Å². The summed E-state index contributed by atoms with van der Waals surface area (Å²) in [6.45, 7) is 4.44. The Morgan fingerprint density at radius 2 is 1.91 bits per heavy atom. The fraction of sp³-hybridized carbons (Fsp3) is 0.423. The lowest BCUT2D eigenvalue weighted by molar-refractivity contribution is -0.138. The molecular weight excluding hydrogens is 496 g/mol. The molecule has 3 aromatic rings. The first-order valence-electron chi connectivity index (χ1n) is 11.7. The first-order valence-corrected chi connectivity index (χ1v) is 12.5. The van der Waals surface area contributed by atoms with Crippen LogP contribution in [0.25, 0.3) is 22.0 Å². The van der Waals surface area contributed by atoms with Crippen molar-refractivity contribution >= 4 is 38.7 Å². The van der Waals surface area contributed by atoms with Crippen molar-refractivity contribution in [2.45, 2.75) is 45.2 Å². The summed E-state index contributed by atoms with van der Waals surface area (Å²) < 4.78 is 1.05. The summed E-state index contributed by atoms with van der Waals surface area (Å²) >= 11 is 3.52. The zero-order valence-corrected chi connectivity index (χ0v) is 21.2. The smallest absolute Gasteiger partial charge is 0.407 e. The van der Waals surface area contributed by atoms with Crippen LogP contribution in [0.2, 0.25) is 0 Å². The van der Waals surface area contributed by atoms with Crippen molar-refractivity contribution in [1.29, 1.82) is 0 Å². The first-order chi connectivity index (χ1) is 16.2. The third-order valence-electron chi connectivity index (χ3n) is 7.38. The van der Waals surface area contributed by atoms with E-state index in [0.717, 1.165) is 56.5 Å². The Balaban J connectivity index is 1.45. The van der Waals surface area contributed by atoms with Crippen LogP contribution in [0, 0.1) is 11.3 Å². The number of imidazole rings is 1. The van der Waals surface area contributed by atoms with Crippen LogP contribution in [0.4, 0.5) is 4.79 Å². The minimum Gasteiger partial charge on any atom is -0.465 e. The number of H-pyrrole nitrogens is 1. The molecule has 1 spiro atoms. The van der Waals surface area contributed by atoms with E-state index in [0.29, 0.717) is 6.54 Å². The van der Waals surface area contributed by atoms with Gasteiger partial charge in [0.25, 0.3) is 0 Å². The number of carboxylic acid groups (broad SMARTS) is 1. The number of amides is 2. The summed E-state index contributed by atoms with van der Waals surface area (Å²) in [5.41, 5.74) is 2.09. The van der Waals surface area contributed by atoms with Crippen LogP contribution in [-0.2, 0) is 4.79 Å². The summed E-state index contributed by atoms with van der Waals surface area (Å²) in [5.74, 6) is 0.501. The summed E-state index contributed by atoms with van der Waals surface area (Å²) in [6, 6.07) is 11.6. The molecule has 178 valence electrons. The Labute approximate surface area is 207 Å². The number of hydrogen-bond donors (Lipinski definition) is 2. The molecule has 1 aliphatic heterocycles. The molecule has 2 atom stereocenters. The van der Waals surface area contributed by atoms with E-state index >= 15 is 0 Å². The van der Waals surface area contributed by atoms with Crippen LogP contribution in [-0.4, -0.2) is 56.5 Å². The minimum atomic E-state index is -1.09. The predicted molar refractivity (Wildman–Crippen MR) is 134 cm³/mol. The van der Waals surface area contributed by atoms with Crippen molar-refractivity contribution in [2.75, 3.05) is 13.6 Å². The molecule has 2 heterocycles. The van der Waals surface area contributed by atoms with Gasteiger partial charge in [-0.1, -0.05) is 48.0 Å². The number of nitrogens with one attached hydrogen (secondary N) is 1. The van der Waals surface area contributed by atoms with Gasteiger partial charge in [-0.25, -0.2) is 9.78 Å². The predicted octanol–water partition coefficient (Wildman–Crippen LogP) is 5.68. The molecule has 0 radical (unpaired) electrons. The highest BCUT2D eigenvalue weighted by Gasteiger charge is 2.55. The van der Waals surface area contributed by atoms with Crippen molar-refractivity contribution in [3.8, 4) is 11.3 Å². The molecule has 2 aromatic carbocycles. The number of nitrogens with zero attached hydrogens (tertiary/aromatic N) is 3. The van der Waals surface area contributed by atoms with E-state index in [1.54, 1.807) is 0 Å². The van der Waals surface area contributed by atoms with Gasteiger partial charge in [-0.3, -0.25) is 9.69 Å². The average Bonchev–Trinajstić information content (AvgIpc) is 3.19. The van der Waals surface area contributed by atoms with E-state index in [1.165, 1.54) is 7.05 Å². The molecule has 34 heavy (non-hydrogen) atoms. The standard InChI is InChI=1S/C26H29BrN4O3/c1-15(2)22(30(3)25(33)34)24(32)31-14-26(8-9-26)12-21(31)23-28-13-20(29-23)18-5-4-17-11-19(27)7-6-16(17)10-18/h4-7,10-11,13,15,21-22H,8-9,12,14H2,1-3H3,(H,28,29)(H,33,34)/t21-,22-/m0/s1. The molecule has 0 bridgehead atoms. The van der Waals surface area contributed by atoms with Gasteiger partial charge >= 0.3 is 6.09 Å². The Kier molecular flexibility index (Phi) is 5.67. The number of carbonyl (C=O) groups is 2. The SMILES string of the molecule is CC(C)[C@@H](C(=O)N1CC2(CC2)C[C@H]1c1ncc(-c2ccc3cc(Br)ccc3c2)[nH]1)N(C)C(=O)O. The van der Waals surface area contributed by atoms with Gasteiger partial charge < -0.3 is 15.0 Å². The van der Waals surface area contributed by atoms with Gasteiger partial charge in [-0.15, -0.1) is 0 Å². The summed E-state index contributed by atoms with van der Waals surface area (Å²) in [4.78, 5) is 36.5. The first kappa shape index (κ1) is 22.9. The number of aromatic nitrogens is 2. The number of likely N-dealkylation sites (tertiary alicyclic amines) is 1. The van der Waals surface area contributed by atoms with E-state index < -0.39 is 12.1 Å². The molecule has 0 unspecified atom stereocenters. The van der Waals surface area contributed by atoms with Crippen molar-refractivity contribution < 1.29 is 14.7 Å². The maximum atomic E-state index is 13.7. The van der Waals surface area contributed by atoms with Gasteiger partial charge in [0.05, 0.1) is 17.9 Å². The van der Waals surface area contributed by atoms with Crippen LogP contribution < -0.4 is 0 Å². The fourth-order valence-electron chi connectivity index (χ4n) is 5.29. The average molecular weight is 525 g/mol. The molecule has 1 saturated heterocycles. The van der Waals surface area contributed by atoms with Crippen LogP contribution in [0.3, 0.4) is 0 Å². The minimum absolute atomic E-state index is 0.130. The van der Waals surface area contributed by atoms with Gasteiger partial charge in [-0.05, 0) is 59.6 Å². The molecule has 2 N–H and O–H groups in total. The second kappa shape index (κ2) is 8.41. The van der Waals surface area contributed by atoms with Gasteiger partial charge in [0.1, 0.15) is 11.9 Å². The van der Waals surface area contributed by atoms with Crippen molar-refractivity contribution in [2.24, 2.45) is 11.3 Å². The Morgan fingerprint density at radius 3 is 2.59 bits per heavy atom. The molecule has 2 amide bonds. The molecule has 1 aliphatic carbocycles. The van der Waals surface area contributed by atoms with E-state index in [4.69, 9.17) is 4.98 Å². The Bertz CT molecular complexity index is 1270. The summed E-state index contributed by atoms with van der Waals surface area (Å²) in [5, 5.41) is 11.8. The number of halogens is 1. The number of aromatic amines is 1. The highest BCUT2D eigenvalue weighted by Crippen LogP contribution is 2.58. The molecular formula is C26H29BrN4O3. The quantitative estimate of drug-likeness (QED) is 0.449. The zero-order chi connectivity index (χ0) is 24.2. The van der Waals surface area contributed by atoms with Gasteiger partial charge in [0, 0.05) is 23.6 Å². The van der Waals surface area contributed by atoms with Crippen molar-refractivity contribution in [3.63, 3.8) is 0 Å². The third kappa shape index (κ3) is 4.08. The lowest BCUT2D eigenvalue weighted by atomic mass is 10.0. The fourth-order valence-corrected chi connectivity index (χ4v) is 5.67. The number of carbonyl (C=O) groups excluding carboxylic acids is 1. The Morgan fingerprint density at radius 1 is 1.21 bits per heavy atom. The van der Waals surface area contributed by atoms with Crippen LogP contribution >= 0.6 is 15.9 Å². The zero-order valence-electron chi connectivity index (χ0n) is 19.6. The number of fused-ring (bicyclic) bond motifs is 1. The number of benzene rings is 2. The second-order valence-corrected chi connectivity index (χ2v) is 11.1.